The zero-order valence-electron chi connectivity index (χ0n) is 9.87. The Labute approximate surface area is 100 Å². The molecule has 2 aromatic rings. The molecule has 0 aliphatic heterocycles. The molecule has 0 fully saturated rings. The van der Waals surface area contributed by atoms with Crippen LogP contribution >= 0.6 is 11.3 Å². The van der Waals surface area contributed by atoms with E-state index in [9.17, 15) is 0 Å². The molecule has 0 spiro atoms. The van der Waals surface area contributed by atoms with Crippen molar-refractivity contribution in [2.24, 2.45) is 5.73 Å². The van der Waals surface area contributed by atoms with Gasteiger partial charge in [-0.3, -0.25) is 0 Å². The first-order chi connectivity index (χ1) is 7.61. The summed E-state index contributed by atoms with van der Waals surface area (Å²) in [6, 6.07) is 6.44. The van der Waals surface area contributed by atoms with Crippen molar-refractivity contribution in [1.82, 2.24) is 4.98 Å². The van der Waals surface area contributed by atoms with Gasteiger partial charge in [-0.2, -0.15) is 0 Å². The van der Waals surface area contributed by atoms with Crippen molar-refractivity contribution < 1.29 is 0 Å². The van der Waals surface area contributed by atoms with Crippen LogP contribution in [0.15, 0.2) is 18.2 Å². The molecule has 2 nitrogen and oxygen atoms in total. The Bertz CT molecular complexity index is 515. The second-order valence-corrected chi connectivity index (χ2v) is 5.30. The van der Waals surface area contributed by atoms with Crippen LogP contribution in [0.2, 0.25) is 0 Å². The highest BCUT2D eigenvalue weighted by atomic mass is 32.1. The quantitative estimate of drug-likeness (QED) is 0.863. The molecule has 0 atom stereocenters. The van der Waals surface area contributed by atoms with Gasteiger partial charge < -0.3 is 5.73 Å². The van der Waals surface area contributed by atoms with E-state index in [0.29, 0.717) is 6.54 Å². The van der Waals surface area contributed by atoms with Gasteiger partial charge in [-0.05, 0) is 38.0 Å². The van der Waals surface area contributed by atoms with Crippen molar-refractivity contribution >= 4 is 11.3 Å². The predicted molar refractivity (Wildman–Crippen MR) is 69.7 cm³/mol. The number of aryl methyl sites for hydroxylation is 3. The van der Waals surface area contributed by atoms with E-state index in [2.05, 4.69) is 37.0 Å². The molecule has 1 aromatic carbocycles. The maximum atomic E-state index is 5.74. The van der Waals surface area contributed by atoms with Gasteiger partial charge in [0.15, 0.2) is 0 Å². The minimum Gasteiger partial charge on any atom is -0.326 e. The van der Waals surface area contributed by atoms with E-state index < -0.39 is 0 Å². The molecule has 0 unspecified atom stereocenters. The minimum absolute atomic E-state index is 0.563. The second-order valence-electron chi connectivity index (χ2n) is 4.01. The number of thiazole rings is 1. The van der Waals surface area contributed by atoms with Gasteiger partial charge in [-0.15, -0.1) is 11.3 Å². The smallest absolute Gasteiger partial charge is 0.0905 e. The average Bonchev–Trinajstić information content (AvgIpc) is 2.63. The minimum atomic E-state index is 0.563. The standard InChI is InChI=1S/C13H16N2S/c1-8-4-5-11(6-9(8)2)13-12(7-14)16-10(3)15-13/h4-6H,7,14H2,1-3H3. The predicted octanol–water partition coefficient (Wildman–Crippen LogP) is 3.19. The molecule has 2 N–H and O–H groups in total. The Morgan fingerprint density at radius 2 is 1.94 bits per heavy atom. The number of hydrogen-bond donors (Lipinski definition) is 1. The summed E-state index contributed by atoms with van der Waals surface area (Å²) in [5.74, 6) is 0. The van der Waals surface area contributed by atoms with Crippen LogP contribution in [-0.2, 0) is 6.54 Å². The number of aromatic nitrogens is 1. The summed E-state index contributed by atoms with van der Waals surface area (Å²) in [7, 11) is 0. The van der Waals surface area contributed by atoms with Crippen molar-refractivity contribution in [2.75, 3.05) is 0 Å². The number of rotatable bonds is 2. The Morgan fingerprint density at radius 3 is 2.56 bits per heavy atom. The third-order valence-electron chi connectivity index (χ3n) is 2.77. The molecule has 3 heteroatoms. The van der Waals surface area contributed by atoms with Crippen molar-refractivity contribution in [2.45, 2.75) is 27.3 Å². The molecule has 2 rings (SSSR count). The second kappa shape index (κ2) is 4.36. The molecule has 0 aliphatic rings. The SMILES string of the molecule is Cc1nc(-c2ccc(C)c(C)c2)c(CN)s1. The summed E-state index contributed by atoms with van der Waals surface area (Å²) in [4.78, 5) is 5.73. The van der Waals surface area contributed by atoms with Gasteiger partial charge in [-0.25, -0.2) is 4.98 Å². The molecular formula is C13H16N2S. The van der Waals surface area contributed by atoms with Gasteiger partial charge in [0.1, 0.15) is 0 Å². The van der Waals surface area contributed by atoms with Crippen LogP contribution in [0.25, 0.3) is 11.3 Å². The molecule has 16 heavy (non-hydrogen) atoms. The Kier molecular flexibility index (Phi) is 3.08. The highest BCUT2D eigenvalue weighted by Gasteiger charge is 2.10. The molecule has 0 aliphatic carbocycles. The van der Waals surface area contributed by atoms with Crippen molar-refractivity contribution in [1.29, 1.82) is 0 Å². The van der Waals surface area contributed by atoms with Gasteiger partial charge >= 0.3 is 0 Å². The van der Waals surface area contributed by atoms with Gasteiger partial charge in [0.05, 0.1) is 10.7 Å². The van der Waals surface area contributed by atoms with E-state index in [0.717, 1.165) is 10.7 Å². The number of hydrogen-bond acceptors (Lipinski definition) is 3. The fourth-order valence-electron chi connectivity index (χ4n) is 1.72. The van der Waals surface area contributed by atoms with E-state index in [1.165, 1.54) is 21.6 Å². The molecular weight excluding hydrogens is 216 g/mol. The topological polar surface area (TPSA) is 38.9 Å². The Balaban J connectivity index is 2.53. The summed E-state index contributed by atoms with van der Waals surface area (Å²) in [5, 5.41) is 1.08. The first-order valence-electron chi connectivity index (χ1n) is 5.36. The zero-order chi connectivity index (χ0) is 11.7. The Morgan fingerprint density at radius 1 is 1.19 bits per heavy atom. The van der Waals surface area contributed by atoms with Gasteiger partial charge in [-0.1, -0.05) is 12.1 Å². The molecule has 0 bridgehead atoms. The lowest BCUT2D eigenvalue weighted by atomic mass is 10.0. The zero-order valence-corrected chi connectivity index (χ0v) is 10.7. The maximum Gasteiger partial charge on any atom is 0.0905 e. The molecule has 1 aromatic heterocycles. The van der Waals surface area contributed by atoms with Crippen LogP contribution in [0, 0.1) is 20.8 Å². The van der Waals surface area contributed by atoms with Gasteiger partial charge in [0, 0.05) is 17.0 Å². The number of nitrogens with two attached hydrogens (primary N) is 1. The van der Waals surface area contributed by atoms with E-state index in [1.54, 1.807) is 11.3 Å². The molecule has 84 valence electrons. The lowest BCUT2D eigenvalue weighted by Gasteiger charge is -2.04. The van der Waals surface area contributed by atoms with Crippen molar-refractivity contribution in [3.05, 3.63) is 39.2 Å². The first kappa shape index (κ1) is 11.3. The van der Waals surface area contributed by atoms with Gasteiger partial charge in [0.25, 0.3) is 0 Å². The van der Waals surface area contributed by atoms with Crippen molar-refractivity contribution in [3.63, 3.8) is 0 Å². The molecule has 1 heterocycles. The summed E-state index contributed by atoms with van der Waals surface area (Å²) in [5.41, 5.74) is 10.6. The molecule has 0 amide bonds. The fourth-order valence-corrected chi connectivity index (χ4v) is 2.56. The van der Waals surface area contributed by atoms with Crippen LogP contribution in [0.3, 0.4) is 0 Å². The van der Waals surface area contributed by atoms with E-state index in [4.69, 9.17) is 5.73 Å². The van der Waals surface area contributed by atoms with Crippen LogP contribution in [0.4, 0.5) is 0 Å². The lowest BCUT2D eigenvalue weighted by Crippen LogP contribution is -1.96. The van der Waals surface area contributed by atoms with Crippen LogP contribution < -0.4 is 5.73 Å². The highest BCUT2D eigenvalue weighted by Crippen LogP contribution is 2.28. The van der Waals surface area contributed by atoms with E-state index in [1.807, 2.05) is 6.92 Å². The number of benzene rings is 1. The van der Waals surface area contributed by atoms with Crippen molar-refractivity contribution in [3.8, 4) is 11.3 Å². The largest absolute Gasteiger partial charge is 0.326 e. The van der Waals surface area contributed by atoms with Crippen LogP contribution in [0.1, 0.15) is 21.0 Å². The Hall–Kier alpha value is -1.19. The summed E-state index contributed by atoms with van der Waals surface area (Å²) in [6.45, 7) is 6.83. The average molecular weight is 232 g/mol. The summed E-state index contributed by atoms with van der Waals surface area (Å²) in [6.07, 6.45) is 0. The third kappa shape index (κ3) is 2.01. The molecule has 0 radical (unpaired) electrons. The highest BCUT2D eigenvalue weighted by molar-refractivity contribution is 7.12. The first-order valence-corrected chi connectivity index (χ1v) is 6.17. The van der Waals surface area contributed by atoms with Crippen LogP contribution in [-0.4, -0.2) is 4.98 Å². The molecule has 0 saturated heterocycles. The maximum absolute atomic E-state index is 5.74. The summed E-state index contributed by atoms with van der Waals surface area (Å²) >= 11 is 1.68. The lowest BCUT2D eigenvalue weighted by molar-refractivity contribution is 1.10. The molecule has 0 saturated carbocycles. The number of nitrogens with zero attached hydrogens (tertiary/aromatic N) is 1. The third-order valence-corrected chi connectivity index (χ3v) is 3.76. The van der Waals surface area contributed by atoms with Gasteiger partial charge in [0.2, 0.25) is 0 Å². The van der Waals surface area contributed by atoms with Crippen LogP contribution in [0.5, 0.6) is 0 Å². The monoisotopic (exact) mass is 232 g/mol. The van der Waals surface area contributed by atoms with E-state index >= 15 is 0 Å². The fraction of sp³-hybridized carbons (Fsp3) is 0.308. The normalized spacial score (nSPS) is 10.8. The summed E-state index contributed by atoms with van der Waals surface area (Å²) < 4.78 is 0. The van der Waals surface area contributed by atoms with E-state index in [-0.39, 0.29) is 0 Å².